The first-order chi connectivity index (χ1) is 14.2. The van der Waals surface area contributed by atoms with E-state index >= 15 is 0 Å². The number of aromatic nitrogens is 3. The fraction of sp³-hybridized carbons (Fsp3) is 0.857. The van der Waals surface area contributed by atoms with Crippen molar-refractivity contribution in [1.82, 2.24) is 30.3 Å². The molecule has 164 valence electrons. The number of methoxy groups -OCH3 is 1. The standard InChI is InChI=1S/C21H39N7O/c1-4-22-21(23-11-5-6-12-27-13-7-8-17(2)14-27)24-18-9-10-20-25-19(16-29-3)26-28(20)15-18/h17-18H,4-16H2,1-3H3,(H2,22,23,24). The summed E-state index contributed by atoms with van der Waals surface area (Å²) >= 11 is 0. The molecule has 0 spiro atoms. The highest BCUT2D eigenvalue weighted by Crippen LogP contribution is 2.16. The van der Waals surface area contributed by atoms with Gasteiger partial charge in [-0.25, -0.2) is 9.67 Å². The molecule has 1 fully saturated rings. The second-order valence-corrected chi connectivity index (χ2v) is 8.46. The molecule has 0 radical (unpaired) electrons. The van der Waals surface area contributed by atoms with Crippen LogP contribution in [0, 0.1) is 5.92 Å². The number of hydrogen-bond acceptors (Lipinski definition) is 5. The van der Waals surface area contributed by atoms with E-state index in [1.807, 2.05) is 4.68 Å². The van der Waals surface area contributed by atoms with E-state index in [0.29, 0.717) is 12.6 Å². The zero-order valence-electron chi connectivity index (χ0n) is 18.5. The Bertz CT molecular complexity index is 645. The molecular formula is C21H39N7O. The summed E-state index contributed by atoms with van der Waals surface area (Å²) in [5, 5.41) is 11.5. The molecule has 0 aromatic carbocycles. The fourth-order valence-corrected chi connectivity index (χ4v) is 4.31. The lowest BCUT2D eigenvalue weighted by Crippen LogP contribution is -2.47. The molecule has 8 heteroatoms. The molecule has 29 heavy (non-hydrogen) atoms. The molecule has 2 atom stereocenters. The Morgan fingerprint density at radius 1 is 1.28 bits per heavy atom. The minimum Gasteiger partial charge on any atom is -0.377 e. The largest absolute Gasteiger partial charge is 0.377 e. The number of ether oxygens (including phenoxy) is 1. The van der Waals surface area contributed by atoms with Crippen molar-refractivity contribution in [1.29, 1.82) is 0 Å². The predicted octanol–water partition coefficient (Wildman–Crippen LogP) is 1.81. The van der Waals surface area contributed by atoms with E-state index in [-0.39, 0.29) is 0 Å². The monoisotopic (exact) mass is 405 g/mol. The van der Waals surface area contributed by atoms with Gasteiger partial charge in [-0.1, -0.05) is 6.92 Å². The second kappa shape index (κ2) is 11.5. The van der Waals surface area contributed by atoms with Gasteiger partial charge in [-0.2, -0.15) is 5.10 Å². The van der Waals surface area contributed by atoms with E-state index in [1.165, 1.54) is 38.9 Å². The number of guanidine groups is 1. The third-order valence-electron chi connectivity index (χ3n) is 5.75. The average Bonchev–Trinajstić information content (AvgIpc) is 3.10. The Labute approximate surface area is 175 Å². The number of nitrogens with zero attached hydrogens (tertiary/aromatic N) is 5. The third kappa shape index (κ3) is 6.96. The van der Waals surface area contributed by atoms with Crippen molar-refractivity contribution in [2.75, 3.05) is 39.8 Å². The van der Waals surface area contributed by atoms with E-state index in [0.717, 1.165) is 62.4 Å². The summed E-state index contributed by atoms with van der Waals surface area (Å²) in [4.78, 5) is 12.0. The van der Waals surface area contributed by atoms with Crippen LogP contribution in [0.5, 0.6) is 0 Å². The Morgan fingerprint density at radius 2 is 2.17 bits per heavy atom. The van der Waals surface area contributed by atoms with Crippen LogP contribution in [-0.2, 0) is 24.3 Å². The van der Waals surface area contributed by atoms with Crippen LogP contribution in [0.3, 0.4) is 0 Å². The SMILES string of the molecule is CCNC(=NCCCCN1CCCC(C)C1)NC1CCc2nc(COC)nn2C1. The molecule has 0 bridgehead atoms. The highest BCUT2D eigenvalue weighted by atomic mass is 16.5. The van der Waals surface area contributed by atoms with Gasteiger partial charge in [-0.3, -0.25) is 4.99 Å². The van der Waals surface area contributed by atoms with Gasteiger partial charge in [-0.15, -0.1) is 0 Å². The van der Waals surface area contributed by atoms with Crippen molar-refractivity contribution in [3.05, 3.63) is 11.6 Å². The van der Waals surface area contributed by atoms with E-state index in [9.17, 15) is 0 Å². The summed E-state index contributed by atoms with van der Waals surface area (Å²) in [5.74, 6) is 3.61. The van der Waals surface area contributed by atoms with E-state index < -0.39 is 0 Å². The number of aryl methyl sites for hydroxylation is 1. The second-order valence-electron chi connectivity index (χ2n) is 8.46. The van der Waals surface area contributed by atoms with Crippen molar-refractivity contribution in [3.63, 3.8) is 0 Å². The number of piperidine rings is 1. The van der Waals surface area contributed by atoms with Crippen molar-refractivity contribution < 1.29 is 4.74 Å². The van der Waals surface area contributed by atoms with Crippen molar-refractivity contribution >= 4 is 5.96 Å². The van der Waals surface area contributed by atoms with Crippen LogP contribution in [0.4, 0.5) is 0 Å². The molecule has 0 aliphatic carbocycles. The van der Waals surface area contributed by atoms with Gasteiger partial charge in [0.25, 0.3) is 0 Å². The predicted molar refractivity (Wildman–Crippen MR) is 116 cm³/mol. The number of likely N-dealkylation sites (tertiary alicyclic amines) is 1. The van der Waals surface area contributed by atoms with Crippen LogP contribution in [-0.4, -0.2) is 71.5 Å². The lowest BCUT2D eigenvalue weighted by molar-refractivity contribution is 0.177. The normalized spacial score (nSPS) is 23.1. The van der Waals surface area contributed by atoms with Crippen LogP contribution in [0.1, 0.15) is 57.6 Å². The Balaban J connectivity index is 1.41. The van der Waals surface area contributed by atoms with Crippen LogP contribution in [0.25, 0.3) is 0 Å². The lowest BCUT2D eigenvalue weighted by atomic mass is 10.0. The van der Waals surface area contributed by atoms with E-state index in [2.05, 4.69) is 39.5 Å². The quantitative estimate of drug-likeness (QED) is 0.371. The van der Waals surface area contributed by atoms with E-state index in [1.54, 1.807) is 7.11 Å². The van der Waals surface area contributed by atoms with Crippen molar-refractivity contribution in [2.24, 2.45) is 10.9 Å². The first-order valence-electron chi connectivity index (χ1n) is 11.4. The molecule has 1 saturated heterocycles. The van der Waals surface area contributed by atoms with Crippen LogP contribution < -0.4 is 10.6 Å². The highest BCUT2D eigenvalue weighted by molar-refractivity contribution is 5.80. The van der Waals surface area contributed by atoms with Gasteiger partial charge in [-0.05, 0) is 58.0 Å². The molecule has 3 heterocycles. The maximum Gasteiger partial charge on any atom is 0.191 e. The number of fused-ring (bicyclic) bond motifs is 1. The summed E-state index contributed by atoms with van der Waals surface area (Å²) in [5.41, 5.74) is 0. The number of nitrogens with one attached hydrogen (secondary N) is 2. The average molecular weight is 406 g/mol. The molecule has 8 nitrogen and oxygen atoms in total. The van der Waals surface area contributed by atoms with Gasteiger partial charge in [0.2, 0.25) is 0 Å². The zero-order chi connectivity index (χ0) is 20.5. The minimum absolute atomic E-state index is 0.326. The fourth-order valence-electron chi connectivity index (χ4n) is 4.31. The van der Waals surface area contributed by atoms with Gasteiger partial charge in [0.05, 0.1) is 6.54 Å². The molecule has 2 unspecified atom stereocenters. The van der Waals surface area contributed by atoms with Crippen LogP contribution in [0.2, 0.25) is 0 Å². The Hall–Kier alpha value is -1.67. The molecule has 0 amide bonds. The Kier molecular flexibility index (Phi) is 8.73. The van der Waals surface area contributed by atoms with Crippen LogP contribution >= 0.6 is 0 Å². The topological polar surface area (TPSA) is 79.6 Å². The first kappa shape index (κ1) is 22.0. The number of rotatable bonds is 9. The number of hydrogen-bond donors (Lipinski definition) is 2. The highest BCUT2D eigenvalue weighted by Gasteiger charge is 2.22. The van der Waals surface area contributed by atoms with Gasteiger partial charge < -0.3 is 20.3 Å². The summed E-state index contributed by atoms with van der Waals surface area (Å²) in [6.45, 7) is 11.3. The van der Waals surface area contributed by atoms with Crippen molar-refractivity contribution in [2.45, 2.75) is 71.6 Å². The third-order valence-corrected chi connectivity index (χ3v) is 5.75. The lowest BCUT2D eigenvalue weighted by Gasteiger charge is -2.30. The maximum atomic E-state index is 5.15. The van der Waals surface area contributed by atoms with Gasteiger partial charge >= 0.3 is 0 Å². The summed E-state index contributed by atoms with van der Waals surface area (Å²) in [6, 6.07) is 0.326. The summed E-state index contributed by atoms with van der Waals surface area (Å²) in [7, 11) is 1.68. The van der Waals surface area contributed by atoms with Gasteiger partial charge in [0.1, 0.15) is 12.4 Å². The number of aliphatic imine (C=N–C) groups is 1. The molecule has 3 rings (SSSR count). The minimum atomic E-state index is 0.326. The first-order valence-corrected chi connectivity index (χ1v) is 11.4. The molecule has 2 N–H and O–H groups in total. The maximum absolute atomic E-state index is 5.15. The Morgan fingerprint density at radius 3 is 2.97 bits per heavy atom. The molecule has 2 aliphatic rings. The zero-order valence-corrected chi connectivity index (χ0v) is 18.5. The van der Waals surface area contributed by atoms with Gasteiger partial charge in [0, 0.05) is 39.2 Å². The molecule has 2 aliphatic heterocycles. The van der Waals surface area contributed by atoms with Gasteiger partial charge in [0.15, 0.2) is 11.8 Å². The van der Waals surface area contributed by atoms with E-state index in [4.69, 9.17) is 9.73 Å². The van der Waals surface area contributed by atoms with Crippen molar-refractivity contribution in [3.8, 4) is 0 Å². The number of unbranched alkanes of at least 4 members (excludes halogenated alkanes) is 1. The summed E-state index contributed by atoms with van der Waals surface area (Å²) < 4.78 is 7.16. The molecule has 0 saturated carbocycles. The summed E-state index contributed by atoms with van der Waals surface area (Å²) in [6.07, 6.45) is 7.09. The molecule has 1 aromatic heterocycles. The molecular weight excluding hydrogens is 366 g/mol. The smallest absolute Gasteiger partial charge is 0.191 e. The molecule has 1 aromatic rings. The van der Waals surface area contributed by atoms with Crippen LogP contribution in [0.15, 0.2) is 4.99 Å².